The van der Waals surface area contributed by atoms with Crippen LogP contribution in [0.5, 0.6) is 11.5 Å². The normalized spacial score (nSPS) is 13.9. The number of nitrogen functional groups attached to an aromatic ring is 1. The Morgan fingerprint density at radius 1 is 0.952 bits per heavy atom. The first-order chi connectivity index (χ1) is 20.3. The fourth-order valence-corrected chi connectivity index (χ4v) is 6.19. The Morgan fingerprint density at radius 3 is 2.19 bits per heavy atom. The van der Waals surface area contributed by atoms with Gasteiger partial charge in [-0.3, -0.25) is 14.5 Å². The first kappa shape index (κ1) is 29.1. The van der Waals surface area contributed by atoms with E-state index in [1.165, 1.54) is 0 Å². The summed E-state index contributed by atoms with van der Waals surface area (Å²) < 4.78 is 15.2. The molecule has 218 valence electrons. The molecule has 0 saturated heterocycles. The zero-order chi connectivity index (χ0) is 29.8. The molecule has 3 N–H and O–H groups in total. The zero-order valence-electron chi connectivity index (χ0n) is 24.3. The summed E-state index contributed by atoms with van der Waals surface area (Å²) in [6, 6.07) is 19.5. The maximum atomic E-state index is 14.6. The molecule has 42 heavy (non-hydrogen) atoms. The molecule has 1 saturated carbocycles. The summed E-state index contributed by atoms with van der Waals surface area (Å²) in [7, 11) is 3.20. The number of nitrogens with two attached hydrogens (primary N) is 1. The van der Waals surface area contributed by atoms with E-state index in [4.69, 9.17) is 15.2 Å². The molecule has 9 heteroatoms. The summed E-state index contributed by atoms with van der Waals surface area (Å²) in [6.45, 7) is 3.95. The molecule has 0 aliphatic heterocycles. The van der Waals surface area contributed by atoms with Gasteiger partial charge >= 0.3 is 0 Å². The van der Waals surface area contributed by atoms with Crippen LogP contribution in [-0.2, 0) is 4.79 Å². The Balaban J connectivity index is 1.63. The molecule has 1 fully saturated rings. The number of hydrogen-bond donors (Lipinski definition) is 2. The topological polar surface area (TPSA) is 107 Å². The van der Waals surface area contributed by atoms with E-state index in [2.05, 4.69) is 9.69 Å². The summed E-state index contributed by atoms with van der Waals surface area (Å²) in [6.07, 6.45) is 3.99. The van der Waals surface area contributed by atoms with E-state index in [9.17, 15) is 9.59 Å². The van der Waals surface area contributed by atoms with Gasteiger partial charge in [-0.2, -0.15) is 4.37 Å². The van der Waals surface area contributed by atoms with Crippen LogP contribution in [0.1, 0.15) is 58.1 Å². The van der Waals surface area contributed by atoms with Crippen molar-refractivity contribution in [1.82, 2.24) is 9.69 Å². The number of aromatic nitrogens is 1. The van der Waals surface area contributed by atoms with Gasteiger partial charge in [0.25, 0.3) is 5.91 Å². The molecule has 8 nitrogen and oxygen atoms in total. The average Bonchev–Trinajstić information content (AvgIpc) is 3.67. The van der Waals surface area contributed by atoms with Gasteiger partial charge in [-0.25, -0.2) is 0 Å². The Kier molecular flexibility index (Phi) is 8.77. The largest absolute Gasteiger partial charge is 0.497 e. The number of carbonyl (C=O) groups is 2. The van der Waals surface area contributed by atoms with E-state index in [0.29, 0.717) is 28.4 Å². The van der Waals surface area contributed by atoms with E-state index in [0.717, 1.165) is 53.9 Å². The van der Waals surface area contributed by atoms with Crippen LogP contribution in [0.2, 0.25) is 0 Å². The van der Waals surface area contributed by atoms with Crippen molar-refractivity contribution in [3.8, 4) is 22.8 Å². The zero-order valence-corrected chi connectivity index (χ0v) is 25.2. The van der Waals surface area contributed by atoms with Crippen LogP contribution in [0.3, 0.4) is 0 Å². The van der Waals surface area contributed by atoms with E-state index in [-0.39, 0.29) is 28.4 Å². The first-order valence-electron chi connectivity index (χ1n) is 14.1. The van der Waals surface area contributed by atoms with Crippen LogP contribution in [0.4, 0.5) is 11.4 Å². The molecule has 0 radical (unpaired) electrons. The highest BCUT2D eigenvalue weighted by atomic mass is 32.1. The molecular formula is C33H36N4O4S. The third kappa shape index (κ3) is 5.83. The molecule has 4 aromatic rings. The Hall–Kier alpha value is -4.37. The van der Waals surface area contributed by atoms with Crippen LogP contribution in [-0.4, -0.2) is 36.4 Å². The van der Waals surface area contributed by atoms with Crippen molar-refractivity contribution in [2.24, 2.45) is 0 Å². The second kappa shape index (κ2) is 12.7. The van der Waals surface area contributed by atoms with E-state index in [1.807, 2.05) is 68.4 Å². The third-order valence-corrected chi connectivity index (χ3v) is 8.83. The fourth-order valence-electron chi connectivity index (χ4n) is 5.43. The van der Waals surface area contributed by atoms with Gasteiger partial charge in [0.15, 0.2) is 0 Å². The van der Waals surface area contributed by atoms with Crippen molar-refractivity contribution >= 4 is 34.7 Å². The molecule has 1 heterocycles. The minimum atomic E-state index is -0.949. The van der Waals surface area contributed by atoms with Crippen molar-refractivity contribution in [3.63, 3.8) is 0 Å². The second-order valence-corrected chi connectivity index (χ2v) is 11.3. The molecule has 3 aromatic carbocycles. The summed E-state index contributed by atoms with van der Waals surface area (Å²) in [5, 5.41) is 3.23. The standard InChI is InChI=1S/C33H36N4O4S/c1-20-8-7-11-27(21(20)2)37(33(39)31-28(34)29(36-42-31)22-12-16-25(40-3)17-13-22)30(23-14-18-26(41-4)19-15-23)32(38)35-24-9-5-6-10-24/h7-8,11-19,24,30H,5-6,9-10,34H2,1-4H3,(H,35,38)/t30-/m1/s1. The number of nitrogens with zero attached hydrogens (tertiary/aromatic N) is 2. The van der Waals surface area contributed by atoms with Crippen molar-refractivity contribution in [2.75, 3.05) is 24.9 Å². The molecule has 1 aromatic heterocycles. The molecule has 5 rings (SSSR count). The summed E-state index contributed by atoms with van der Waals surface area (Å²) in [5.74, 6) is 0.746. The van der Waals surface area contributed by atoms with E-state index < -0.39 is 6.04 Å². The fraction of sp³-hybridized carbons (Fsp3) is 0.303. The van der Waals surface area contributed by atoms with Crippen molar-refractivity contribution < 1.29 is 19.1 Å². The maximum absolute atomic E-state index is 14.6. The SMILES string of the molecule is COc1ccc(-c2nsc(C(=O)N(c3cccc(C)c3C)[C@@H](C(=O)NC3CCCC3)c3ccc(OC)cc3)c2N)cc1. The monoisotopic (exact) mass is 584 g/mol. The van der Waals surface area contributed by atoms with Gasteiger partial charge in [0.1, 0.15) is 28.1 Å². The maximum Gasteiger partial charge on any atom is 0.273 e. The Labute approximate surface area is 250 Å². The lowest BCUT2D eigenvalue weighted by molar-refractivity contribution is -0.123. The lowest BCUT2D eigenvalue weighted by Crippen LogP contribution is -2.46. The molecule has 1 aliphatic rings. The van der Waals surface area contributed by atoms with Gasteiger partial charge in [0, 0.05) is 17.3 Å². The van der Waals surface area contributed by atoms with Crippen molar-refractivity contribution in [1.29, 1.82) is 0 Å². The van der Waals surface area contributed by atoms with Gasteiger partial charge in [0.2, 0.25) is 5.91 Å². The summed E-state index contributed by atoms with van der Waals surface area (Å²) in [5.41, 5.74) is 11.4. The van der Waals surface area contributed by atoms with Crippen molar-refractivity contribution in [2.45, 2.75) is 51.6 Å². The minimum absolute atomic E-state index is 0.0731. The van der Waals surface area contributed by atoms with E-state index in [1.54, 1.807) is 31.3 Å². The molecule has 1 atom stereocenters. The second-order valence-electron chi connectivity index (χ2n) is 10.6. The number of aryl methyl sites for hydroxylation is 1. The molecule has 2 amide bonds. The summed E-state index contributed by atoms with van der Waals surface area (Å²) in [4.78, 5) is 30.7. The predicted octanol–water partition coefficient (Wildman–Crippen LogP) is 6.47. The molecule has 0 bridgehead atoms. The average molecular weight is 585 g/mol. The minimum Gasteiger partial charge on any atom is -0.497 e. The molecule has 0 spiro atoms. The number of rotatable bonds is 9. The number of amides is 2. The van der Waals surface area contributed by atoms with Gasteiger partial charge in [-0.15, -0.1) is 0 Å². The highest BCUT2D eigenvalue weighted by molar-refractivity contribution is 7.09. The number of nitrogens with one attached hydrogen (secondary N) is 1. The summed E-state index contributed by atoms with van der Waals surface area (Å²) >= 11 is 1.04. The highest BCUT2D eigenvalue weighted by Gasteiger charge is 2.37. The van der Waals surface area contributed by atoms with Crippen LogP contribution in [0.25, 0.3) is 11.3 Å². The van der Waals surface area contributed by atoms with E-state index >= 15 is 0 Å². The smallest absolute Gasteiger partial charge is 0.273 e. The number of anilines is 2. The first-order valence-corrected chi connectivity index (χ1v) is 14.8. The van der Waals surface area contributed by atoms with Gasteiger partial charge in [-0.1, -0.05) is 37.1 Å². The Bertz CT molecular complexity index is 1560. The predicted molar refractivity (Wildman–Crippen MR) is 167 cm³/mol. The number of carbonyl (C=O) groups excluding carboxylic acids is 2. The number of hydrogen-bond acceptors (Lipinski definition) is 7. The Morgan fingerprint density at radius 2 is 1.57 bits per heavy atom. The lowest BCUT2D eigenvalue weighted by atomic mass is 9.99. The molecular weight excluding hydrogens is 548 g/mol. The molecule has 1 aliphatic carbocycles. The lowest BCUT2D eigenvalue weighted by Gasteiger charge is -2.33. The van der Waals surface area contributed by atoms with Gasteiger partial charge in [0.05, 0.1) is 19.9 Å². The van der Waals surface area contributed by atoms with Gasteiger partial charge in [-0.05, 0) is 97.4 Å². The number of methoxy groups -OCH3 is 2. The van der Waals surface area contributed by atoms with Crippen LogP contribution in [0, 0.1) is 13.8 Å². The number of ether oxygens (including phenoxy) is 2. The highest BCUT2D eigenvalue weighted by Crippen LogP contribution is 2.38. The van der Waals surface area contributed by atoms with Crippen LogP contribution < -0.4 is 25.4 Å². The quantitative estimate of drug-likeness (QED) is 0.233. The molecule has 0 unspecified atom stereocenters. The van der Waals surface area contributed by atoms with Crippen LogP contribution >= 0.6 is 11.5 Å². The van der Waals surface area contributed by atoms with Gasteiger partial charge < -0.3 is 20.5 Å². The third-order valence-electron chi connectivity index (χ3n) is 7.98. The number of benzene rings is 3. The van der Waals surface area contributed by atoms with Crippen molar-refractivity contribution in [3.05, 3.63) is 88.3 Å². The van der Waals surface area contributed by atoms with Crippen LogP contribution in [0.15, 0.2) is 66.7 Å².